The topological polar surface area (TPSA) is 36.4 Å². The van der Waals surface area contributed by atoms with Gasteiger partial charge < -0.3 is 4.90 Å². The summed E-state index contributed by atoms with van der Waals surface area (Å²) in [5.74, 6) is -1.46. The number of fused-ring (bicyclic) bond motifs is 2. The van der Waals surface area contributed by atoms with Crippen LogP contribution in [0.5, 0.6) is 0 Å². The number of rotatable bonds is 2. The van der Waals surface area contributed by atoms with E-state index < -0.39 is 11.6 Å². The molecule has 0 spiro atoms. The van der Waals surface area contributed by atoms with Gasteiger partial charge in [-0.3, -0.25) is 14.7 Å². The quantitative estimate of drug-likeness (QED) is 0.798. The highest BCUT2D eigenvalue weighted by Crippen LogP contribution is 2.47. The Morgan fingerprint density at radius 3 is 2.61 bits per heavy atom. The van der Waals surface area contributed by atoms with Crippen molar-refractivity contribution >= 4 is 5.91 Å². The van der Waals surface area contributed by atoms with E-state index in [9.17, 15) is 13.6 Å². The van der Waals surface area contributed by atoms with Gasteiger partial charge in [0.25, 0.3) is 5.91 Å². The number of aryl methyl sites for hydroxylation is 1. The minimum Gasteiger partial charge on any atom is -0.333 e. The number of carbonyl (C=O) groups is 1. The third kappa shape index (κ3) is 2.65. The molecule has 4 aliphatic heterocycles. The van der Waals surface area contributed by atoms with Gasteiger partial charge in [0, 0.05) is 30.4 Å². The van der Waals surface area contributed by atoms with Crippen molar-refractivity contribution in [2.24, 2.45) is 5.92 Å². The number of amides is 1. The molecule has 4 nitrogen and oxygen atoms in total. The molecule has 0 N–H and O–H groups in total. The molecular formula is C22H23F2N3O. The second kappa shape index (κ2) is 6.62. The third-order valence-electron chi connectivity index (χ3n) is 6.79. The molecule has 5 heterocycles. The molecule has 4 saturated heterocycles. The van der Waals surface area contributed by atoms with Crippen molar-refractivity contribution in [3.8, 4) is 0 Å². The highest BCUT2D eigenvalue weighted by atomic mass is 19.2. The second-order valence-electron chi connectivity index (χ2n) is 8.25. The van der Waals surface area contributed by atoms with E-state index in [1.54, 1.807) is 24.4 Å². The zero-order valence-corrected chi connectivity index (χ0v) is 15.8. The molecule has 6 heteroatoms. The van der Waals surface area contributed by atoms with E-state index in [0.29, 0.717) is 23.6 Å². The van der Waals surface area contributed by atoms with Gasteiger partial charge in [-0.2, -0.15) is 0 Å². The minimum atomic E-state index is -0.822. The number of likely N-dealkylation sites (tertiary alicyclic amines) is 1. The predicted molar refractivity (Wildman–Crippen MR) is 101 cm³/mol. The Kier molecular flexibility index (Phi) is 4.19. The largest absolute Gasteiger partial charge is 0.333 e. The zero-order chi connectivity index (χ0) is 19.4. The average molecular weight is 383 g/mol. The maximum Gasteiger partial charge on any atom is 0.255 e. The Morgan fingerprint density at radius 1 is 1.11 bits per heavy atom. The number of halogens is 2. The zero-order valence-electron chi connectivity index (χ0n) is 15.8. The van der Waals surface area contributed by atoms with Crippen LogP contribution in [0.4, 0.5) is 8.78 Å². The molecule has 4 fully saturated rings. The van der Waals surface area contributed by atoms with Gasteiger partial charge in [0.05, 0.1) is 11.6 Å². The number of pyridine rings is 1. The van der Waals surface area contributed by atoms with Crippen molar-refractivity contribution < 1.29 is 13.6 Å². The molecule has 4 aliphatic rings. The molecule has 1 aromatic heterocycles. The van der Waals surface area contributed by atoms with E-state index in [2.05, 4.69) is 9.88 Å². The first-order chi connectivity index (χ1) is 13.5. The lowest BCUT2D eigenvalue weighted by Crippen LogP contribution is -2.60. The van der Waals surface area contributed by atoms with Crippen molar-refractivity contribution in [2.75, 3.05) is 19.6 Å². The minimum absolute atomic E-state index is 0.0453. The fourth-order valence-electron chi connectivity index (χ4n) is 5.49. The maximum atomic E-state index is 14.6. The van der Waals surface area contributed by atoms with E-state index in [1.165, 1.54) is 0 Å². The van der Waals surface area contributed by atoms with Crippen LogP contribution >= 0.6 is 0 Å². The van der Waals surface area contributed by atoms with Gasteiger partial charge in [0.1, 0.15) is 0 Å². The fraction of sp³-hybridized carbons (Fsp3) is 0.455. The van der Waals surface area contributed by atoms with Crippen LogP contribution in [0, 0.1) is 24.5 Å². The second-order valence-corrected chi connectivity index (χ2v) is 8.25. The summed E-state index contributed by atoms with van der Waals surface area (Å²) >= 11 is 0. The summed E-state index contributed by atoms with van der Waals surface area (Å²) in [6.45, 7) is 4.23. The maximum absolute atomic E-state index is 14.6. The van der Waals surface area contributed by atoms with Crippen LogP contribution in [-0.4, -0.2) is 52.4 Å². The molecule has 0 radical (unpaired) electrons. The molecular weight excluding hydrogens is 360 g/mol. The van der Waals surface area contributed by atoms with Crippen LogP contribution in [0.15, 0.2) is 36.5 Å². The standard InChI is InChI=1S/C22H23F2N3O/c1-13-5-6-15(11-25-13)22(28)27-12-17(16-3-2-4-18(23)19(16)24)21-20(27)14-7-9-26(21)10-8-14/h2-6,11,14,17,20-21H,7-10,12H2,1H3/t17-,20+,21+/m0/s1. The molecule has 146 valence electrons. The number of carbonyl (C=O) groups excluding carboxylic acids is 1. The van der Waals surface area contributed by atoms with E-state index in [-0.39, 0.29) is 23.9 Å². The van der Waals surface area contributed by atoms with Crippen LogP contribution < -0.4 is 0 Å². The summed E-state index contributed by atoms with van der Waals surface area (Å²) in [4.78, 5) is 21.9. The molecule has 28 heavy (non-hydrogen) atoms. The summed E-state index contributed by atoms with van der Waals surface area (Å²) in [5.41, 5.74) is 1.81. The smallest absolute Gasteiger partial charge is 0.255 e. The van der Waals surface area contributed by atoms with Gasteiger partial charge in [0.2, 0.25) is 0 Å². The lowest BCUT2D eigenvalue weighted by molar-refractivity contribution is -0.00360. The third-order valence-corrected chi connectivity index (χ3v) is 6.79. The number of nitrogens with zero attached hydrogens (tertiary/aromatic N) is 3. The Bertz CT molecular complexity index is 908. The van der Waals surface area contributed by atoms with Gasteiger partial charge in [-0.25, -0.2) is 8.78 Å². The number of aromatic nitrogens is 1. The Balaban J connectivity index is 1.55. The van der Waals surface area contributed by atoms with Crippen molar-refractivity contribution in [3.63, 3.8) is 0 Å². The highest BCUT2D eigenvalue weighted by molar-refractivity contribution is 5.94. The van der Waals surface area contributed by atoms with Crippen molar-refractivity contribution in [3.05, 3.63) is 65.0 Å². The molecule has 1 amide bonds. The molecule has 3 atom stereocenters. The predicted octanol–water partition coefficient (Wildman–Crippen LogP) is 3.37. The molecule has 0 saturated carbocycles. The first-order valence-electron chi connectivity index (χ1n) is 9.96. The van der Waals surface area contributed by atoms with E-state index >= 15 is 0 Å². The number of piperidine rings is 3. The number of hydrogen-bond donors (Lipinski definition) is 0. The van der Waals surface area contributed by atoms with Gasteiger partial charge in [-0.15, -0.1) is 0 Å². The normalized spacial score (nSPS) is 31.1. The van der Waals surface area contributed by atoms with Gasteiger partial charge in [-0.1, -0.05) is 12.1 Å². The summed E-state index contributed by atoms with van der Waals surface area (Å²) in [6, 6.07) is 8.12. The summed E-state index contributed by atoms with van der Waals surface area (Å²) in [5, 5.41) is 0. The van der Waals surface area contributed by atoms with Gasteiger partial charge in [0.15, 0.2) is 11.6 Å². The van der Waals surface area contributed by atoms with E-state index in [4.69, 9.17) is 0 Å². The lowest BCUT2D eigenvalue weighted by Gasteiger charge is -2.51. The molecule has 0 unspecified atom stereocenters. The van der Waals surface area contributed by atoms with Gasteiger partial charge >= 0.3 is 0 Å². The van der Waals surface area contributed by atoms with Crippen LogP contribution in [0.25, 0.3) is 0 Å². The number of benzene rings is 1. The molecule has 2 aromatic rings. The number of hydrogen-bond acceptors (Lipinski definition) is 3. The first-order valence-corrected chi connectivity index (χ1v) is 9.96. The molecule has 6 rings (SSSR count). The van der Waals surface area contributed by atoms with Crippen LogP contribution in [0.1, 0.15) is 40.4 Å². The van der Waals surface area contributed by atoms with Crippen molar-refractivity contribution in [1.29, 1.82) is 0 Å². The summed E-state index contributed by atoms with van der Waals surface area (Å²) in [6.07, 6.45) is 3.72. The van der Waals surface area contributed by atoms with E-state index in [0.717, 1.165) is 37.7 Å². The Morgan fingerprint density at radius 2 is 1.89 bits per heavy atom. The fourth-order valence-corrected chi connectivity index (χ4v) is 5.49. The van der Waals surface area contributed by atoms with Gasteiger partial charge in [-0.05, 0) is 62.5 Å². The Labute approximate surface area is 163 Å². The molecule has 0 aliphatic carbocycles. The van der Waals surface area contributed by atoms with Crippen LogP contribution in [0.2, 0.25) is 0 Å². The first kappa shape index (κ1) is 17.7. The van der Waals surface area contributed by atoms with Crippen molar-refractivity contribution in [1.82, 2.24) is 14.8 Å². The molecule has 2 bridgehead atoms. The van der Waals surface area contributed by atoms with E-state index in [1.807, 2.05) is 17.9 Å². The van der Waals surface area contributed by atoms with Crippen LogP contribution in [-0.2, 0) is 0 Å². The SMILES string of the molecule is Cc1ccc(C(=O)N2C[C@@H](c3cccc(F)c3F)[C@@H]3[C@H]2C2CCN3CC2)cn1. The average Bonchev–Trinajstić information content (AvgIpc) is 3.14. The van der Waals surface area contributed by atoms with Crippen LogP contribution in [0.3, 0.4) is 0 Å². The lowest BCUT2D eigenvalue weighted by atomic mass is 9.75. The Hall–Kier alpha value is -2.34. The summed E-state index contributed by atoms with van der Waals surface area (Å²) in [7, 11) is 0. The highest BCUT2D eigenvalue weighted by Gasteiger charge is 2.55. The van der Waals surface area contributed by atoms with Crippen molar-refractivity contribution in [2.45, 2.75) is 37.8 Å². The molecule has 1 aromatic carbocycles. The summed E-state index contributed by atoms with van der Waals surface area (Å²) < 4.78 is 28.6. The monoisotopic (exact) mass is 383 g/mol.